The van der Waals surface area contributed by atoms with Crippen LogP contribution in [0.2, 0.25) is 0 Å². The molecule has 0 aliphatic rings. The van der Waals surface area contributed by atoms with E-state index in [-0.39, 0.29) is 5.56 Å². The van der Waals surface area contributed by atoms with Crippen LogP contribution in [-0.2, 0) is 0 Å². The molecule has 0 radical (unpaired) electrons. The molecular weight excluding hydrogens is 242 g/mol. The van der Waals surface area contributed by atoms with Crippen LogP contribution in [0.5, 0.6) is 0 Å². The van der Waals surface area contributed by atoms with Crippen molar-refractivity contribution in [2.75, 3.05) is 0 Å². The molecular formula is C14H11N3O2. The van der Waals surface area contributed by atoms with Gasteiger partial charge in [0.15, 0.2) is 5.65 Å². The molecule has 3 aromatic rings. The first-order chi connectivity index (χ1) is 9.16. The highest BCUT2D eigenvalue weighted by Crippen LogP contribution is 2.24. The Morgan fingerprint density at radius 2 is 2.16 bits per heavy atom. The van der Waals surface area contributed by atoms with E-state index in [0.29, 0.717) is 0 Å². The molecule has 0 bridgehead atoms. The molecule has 0 atom stereocenters. The summed E-state index contributed by atoms with van der Waals surface area (Å²) in [4.78, 5) is 15.3. The lowest BCUT2D eigenvalue weighted by atomic mass is 10.0. The number of aromatic nitrogens is 3. The first kappa shape index (κ1) is 11.4. The van der Waals surface area contributed by atoms with Gasteiger partial charge in [-0.2, -0.15) is 5.10 Å². The minimum Gasteiger partial charge on any atom is -0.478 e. The van der Waals surface area contributed by atoms with E-state index in [2.05, 4.69) is 10.1 Å². The van der Waals surface area contributed by atoms with Crippen molar-refractivity contribution in [3.05, 3.63) is 53.9 Å². The van der Waals surface area contributed by atoms with Gasteiger partial charge in [0.05, 0.1) is 17.5 Å². The molecule has 2 heterocycles. The van der Waals surface area contributed by atoms with Gasteiger partial charge in [-0.1, -0.05) is 6.07 Å². The van der Waals surface area contributed by atoms with Crippen molar-refractivity contribution < 1.29 is 9.90 Å². The van der Waals surface area contributed by atoms with Gasteiger partial charge in [-0.3, -0.25) is 0 Å². The minimum absolute atomic E-state index is 0.256. The third kappa shape index (κ3) is 1.85. The molecule has 94 valence electrons. The Morgan fingerprint density at radius 3 is 2.95 bits per heavy atom. The Bertz CT molecular complexity index is 777. The number of carbonyl (C=O) groups is 1. The highest BCUT2D eigenvalue weighted by molar-refractivity contribution is 5.89. The van der Waals surface area contributed by atoms with Gasteiger partial charge >= 0.3 is 5.97 Å². The number of hydrogen-bond acceptors (Lipinski definition) is 3. The van der Waals surface area contributed by atoms with Crippen LogP contribution in [0.1, 0.15) is 15.9 Å². The highest BCUT2D eigenvalue weighted by Gasteiger charge is 2.12. The number of carboxylic acid groups (broad SMARTS) is 1. The van der Waals surface area contributed by atoms with Gasteiger partial charge in [0.2, 0.25) is 0 Å². The molecule has 0 saturated heterocycles. The zero-order valence-electron chi connectivity index (χ0n) is 10.2. The summed E-state index contributed by atoms with van der Waals surface area (Å²) in [6.45, 7) is 1.93. The summed E-state index contributed by atoms with van der Waals surface area (Å²) in [5.41, 5.74) is 3.59. The number of aryl methyl sites for hydroxylation is 1. The third-order valence-corrected chi connectivity index (χ3v) is 3.04. The fraction of sp³-hybridized carbons (Fsp3) is 0.0714. The predicted octanol–water partition coefficient (Wildman–Crippen LogP) is 2.40. The van der Waals surface area contributed by atoms with Crippen LogP contribution in [0.4, 0.5) is 0 Å². The van der Waals surface area contributed by atoms with E-state index >= 15 is 0 Å². The summed E-state index contributed by atoms with van der Waals surface area (Å²) in [7, 11) is 0. The Kier molecular flexibility index (Phi) is 2.52. The van der Waals surface area contributed by atoms with E-state index in [4.69, 9.17) is 5.11 Å². The Morgan fingerprint density at radius 1 is 1.32 bits per heavy atom. The topological polar surface area (TPSA) is 67.5 Å². The third-order valence-electron chi connectivity index (χ3n) is 3.04. The van der Waals surface area contributed by atoms with Gasteiger partial charge in [0.1, 0.15) is 0 Å². The van der Waals surface area contributed by atoms with Crippen LogP contribution in [0.15, 0.2) is 42.7 Å². The van der Waals surface area contributed by atoms with Gasteiger partial charge in [0, 0.05) is 11.8 Å². The number of carboxylic acids is 1. The quantitative estimate of drug-likeness (QED) is 0.761. The molecule has 0 spiro atoms. The second kappa shape index (κ2) is 4.20. The number of imidazole rings is 1. The zero-order valence-corrected chi connectivity index (χ0v) is 10.2. The SMILES string of the molecule is Cc1ccc(C(=O)O)cc1-c1cnc2cccnn12. The second-order valence-electron chi connectivity index (χ2n) is 4.27. The van der Waals surface area contributed by atoms with Crippen molar-refractivity contribution in [2.24, 2.45) is 0 Å². The lowest BCUT2D eigenvalue weighted by Gasteiger charge is -2.06. The molecule has 0 saturated carbocycles. The van der Waals surface area contributed by atoms with Crippen molar-refractivity contribution in [1.29, 1.82) is 0 Å². The lowest BCUT2D eigenvalue weighted by molar-refractivity contribution is 0.0697. The summed E-state index contributed by atoms with van der Waals surface area (Å²) in [5, 5.41) is 13.3. The van der Waals surface area contributed by atoms with E-state index < -0.39 is 5.97 Å². The van der Waals surface area contributed by atoms with Crippen molar-refractivity contribution >= 4 is 11.6 Å². The van der Waals surface area contributed by atoms with Crippen molar-refractivity contribution in [3.8, 4) is 11.3 Å². The smallest absolute Gasteiger partial charge is 0.335 e. The van der Waals surface area contributed by atoms with Gasteiger partial charge in [-0.15, -0.1) is 0 Å². The lowest BCUT2D eigenvalue weighted by Crippen LogP contribution is -1.99. The molecule has 0 fully saturated rings. The monoisotopic (exact) mass is 253 g/mol. The average Bonchev–Trinajstić information content (AvgIpc) is 2.83. The maximum atomic E-state index is 11.1. The molecule has 0 unspecified atom stereocenters. The van der Waals surface area contributed by atoms with E-state index in [1.54, 1.807) is 35.1 Å². The average molecular weight is 253 g/mol. The molecule has 1 N–H and O–H groups in total. The Balaban J connectivity index is 2.26. The largest absolute Gasteiger partial charge is 0.478 e. The summed E-state index contributed by atoms with van der Waals surface area (Å²) in [6.07, 6.45) is 3.38. The number of nitrogens with zero attached hydrogens (tertiary/aromatic N) is 3. The summed E-state index contributed by atoms with van der Waals surface area (Å²) >= 11 is 0. The Hall–Kier alpha value is -2.69. The van der Waals surface area contributed by atoms with Crippen molar-refractivity contribution in [2.45, 2.75) is 6.92 Å². The Labute approximate surface area is 109 Å². The van der Waals surface area contributed by atoms with Crippen LogP contribution in [0, 0.1) is 6.92 Å². The first-order valence-electron chi connectivity index (χ1n) is 5.80. The van der Waals surface area contributed by atoms with E-state index in [0.717, 1.165) is 22.5 Å². The summed E-state index contributed by atoms with van der Waals surface area (Å²) < 4.78 is 1.70. The van der Waals surface area contributed by atoms with Gasteiger partial charge < -0.3 is 5.11 Å². The number of benzene rings is 1. The fourth-order valence-electron chi connectivity index (χ4n) is 2.04. The normalized spacial score (nSPS) is 10.8. The van der Waals surface area contributed by atoms with Crippen LogP contribution < -0.4 is 0 Å². The van der Waals surface area contributed by atoms with Crippen LogP contribution in [-0.4, -0.2) is 25.7 Å². The fourth-order valence-corrected chi connectivity index (χ4v) is 2.04. The van der Waals surface area contributed by atoms with Crippen molar-refractivity contribution in [3.63, 3.8) is 0 Å². The zero-order chi connectivity index (χ0) is 13.4. The summed E-state index contributed by atoms with van der Waals surface area (Å²) in [6, 6.07) is 8.70. The molecule has 5 nitrogen and oxygen atoms in total. The molecule has 0 amide bonds. The predicted molar refractivity (Wildman–Crippen MR) is 70.1 cm³/mol. The molecule has 5 heteroatoms. The molecule has 3 rings (SSSR count). The van der Waals surface area contributed by atoms with Gasteiger partial charge in [-0.05, 0) is 36.8 Å². The number of aromatic carboxylic acids is 1. The van der Waals surface area contributed by atoms with Crippen LogP contribution >= 0.6 is 0 Å². The first-order valence-corrected chi connectivity index (χ1v) is 5.80. The maximum absolute atomic E-state index is 11.1. The maximum Gasteiger partial charge on any atom is 0.335 e. The number of rotatable bonds is 2. The molecule has 19 heavy (non-hydrogen) atoms. The summed E-state index contributed by atoms with van der Waals surface area (Å²) in [5.74, 6) is -0.942. The molecule has 2 aromatic heterocycles. The molecule has 0 aliphatic carbocycles. The minimum atomic E-state index is -0.942. The van der Waals surface area contributed by atoms with E-state index in [9.17, 15) is 4.79 Å². The number of fused-ring (bicyclic) bond motifs is 1. The van der Waals surface area contributed by atoms with Gasteiger partial charge in [-0.25, -0.2) is 14.3 Å². The van der Waals surface area contributed by atoms with Gasteiger partial charge in [0.25, 0.3) is 0 Å². The standard InChI is InChI=1S/C14H11N3O2/c1-9-4-5-10(14(18)19)7-11(9)12-8-15-13-3-2-6-16-17(12)13/h2-8H,1H3,(H,18,19). The van der Waals surface area contributed by atoms with Crippen LogP contribution in [0.25, 0.3) is 16.9 Å². The molecule has 0 aliphatic heterocycles. The van der Waals surface area contributed by atoms with Crippen molar-refractivity contribution in [1.82, 2.24) is 14.6 Å². The van der Waals surface area contributed by atoms with E-state index in [1.165, 1.54) is 0 Å². The molecule has 1 aromatic carbocycles. The number of hydrogen-bond donors (Lipinski definition) is 1. The van der Waals surface area contributed by atoms with E-state index in [1.807, 2.05) is 19.1 Å². The second-order valence-corrected chi connectivity index (χ2v) is 4.27. The van der Waals surface area contributed by atoms with Crippen LogP contribution in [0.3, 0.4) is 0 Å². The highest BCUT2D eigenvalue weighted by atomic mass is 16.4.